The topological polar surface area (TPSA) is 84.7 Å². The van der Waals surface area contributed by atoms with Crippen molar-refractivity contribution in [2.45, 2.75) is 38.3 Å². The summed E-state index contributed by atoms with van der Waals surface area (Å²) in [7, 11) is 0. The molecule has 1 N–H and O–H groups in total. The van der Waals surface area contributed by atoms with E-state index in [0.29, 0.717) is 12.2 Å². The minimum atomic E-state index is -0.500. The molecule has 132 valence electrons. The highest BCUT2D eigenvalue weighted by Gasteiger charge is 2.38. The Morgan fingerprint density at radius 2 is 2.12 bits per heavy atom. The molecule has 0 spiro atoms. The molecule has 3 rings (SSSR count). The summed E-state index contributed by atoms with van der Waals surface area (Å²) in [5.41, 5.74) is 0.206. The van der Waals surface area contributed by atoms with Crippen molar-refractivity contribution >= 4 is 24.0 Å². The summed E-state index contributed by atoms with van der Waals surface area (Å²) in [6, 6.07) is 4.89. The third-order valence-electron chi connectivity index (χ3n) is 4.59. The van der Waals surface area contributed by atoms with Crippen molar-refractivity contribution in [2.24, 2.45) is 0 Å². The number of amides is 1. The number of nitro benzene ring substituents is 1. The first-order chi connectivity index (χ1) is 11.1. The van der Waals surface area contributed by atoms with Crippen LogP contribution in [0.15, 0.2) is 18.2 Å². The van der Waals surface area contributed by atoms with E-state index in [1.807, 2.05) is 4.90 Å². The zero-order valence-electron chi connectivity index (χ0n) is 13.6. The lowest BCUT2D eigenvalue weighted by Crippen LogP contribution is -2.42. The third-order valence-corrected chi connectivity index (χ3v) is 4.59. The van der Waals surface area contributed by atoms with Crippen LogP contribution in [0.3, 0.4) is 0 Å². The predicted octanol–water partition coefficient (Wildman–Crippen LogP) is 2.38. The van der Waals surface area contributed by atoms with Gasteiger partial charge in [-0.25, -0.2) is 0 Å². The van der Waals surface area contributed by atoms with Gasteiger partial charge in [0, 0.05) is 30.3 Å². The summed E-state index contributed by atoms with van der Waals surface area (Å²) in [6.07, 6.45) is 2.93. The number of ether oxygens (including phenoxy) is 1. The number of nitro groups is 1. The molecule has 7 nitrogen and oxygen atoms in total. The Morgan fingerprint density at radius 3 is 2.83 bits per heavy atom. The molecule has 0 aromatic heterocycles. The molecule has 24 heavy (non-hydrogen) atoms. The summed E-state index contributed by atoms with van der Waals surface area (Å²) < 4.78 is 5.28. The highest BCUT2D eigenvalue weighted by atomic mass is 35.5. The van der Waals surface area contributed by atoms with Crippen molar-refractivity contribution in [2.75, 3.05) is 19.7 Å². The second-order valence-electron chi connectivity index (χ2n) is 5.96. The molecule has 0 aliphatic carbocycles. The molecule has 2 aliphatic rings. The zero-order chi connectivity index (χ0) is 16.4. The van der Waals surface area contributed by atoms with Crippen molar-refractivity contribution in [3.8, 4) is 5.75 Å². The van der Waals surface area contributed by atoms with E-state index in [2.05, 4.69) is 5.32 Å². The zero-order valence-corrected chi connectivity index (χ0v) is 14.4. The maximum absolute atomic E-state index is 12.9. The van der Waals surface area contributed by atoms with E-state index in [1.165, 1.54) is 12.1 Å². The Kier molecular flexibility index (Phi) is 6.01. The minimum absolute atomic E-state index is 0. The number of nitrogens with one attached hydrogen (secondary N) is 1. The van der Waals surface area contributed by atoms with Gasteiger partial charge in [0.25, 0.3) is 5.91 Å². The SMILES string of the molecule is CCOc1ccc(C(=O)N2C3CCNCC2CC3)cc1[N+](=O)[O-].Cl. The van der Waals surface area contributed by atoms with E-state index in [-0.39, 0.29) is 41.8 Å². The largest absolute Gasteiger partial charge is 0.487 e. The van der Waals surface area contributed by atoms with Gasteiger partial charge in [0.2, 0.25) is 0 Å². The maximum Gasteiger partial charge on any atom is 0.311 e. The summed E-state index contributed by atoms with van der Waals surface area (Å²) in [4.78, 5) is 25.5. The van der Waals surface area contributed by atoms with E-state index >= 15 is 0 Å². The molecule has 2 heterocycles. The van der Waals surface area contributed by atoms with Crippen LogP contribution in [0, 0.1) is 10.1 Å². The molecule has 1 aromatic rings. The molecule has 2 aliphatic heterocycles. The van der Waals surface area contributed by atoms with Gasteiger partial charge in [-0.15, -0.1) is 12.4 Å². The standard InChI is InChI=1S/C16H21N3O4.ClH/c1-2-23-15-6-3-11(9-14(15)19(21)22)16(20)18-12-4-5-13(18)10-17-8-7-12;/h3,6,9,12-13,17H,2,4-5,7-8,10H2,1H3;1H. The maximum atomic E-state index is 12.9. The van der Waals surface area contributed by atoms with Gasteiger partial charge >= 0.3 is 5.69 Å². The number of rotatable bonds is 4. The van der Waals surface area contributed by atoms with Gasteiger partial charge in [-0.3, -0.25) is 14.9 Å². The van der Waals surface area contributed by atoms with Crippen LogP contribution < -0.4 is 10.1 Å². The minimum Gasteiger partial charge on any atom is -0.487 e. The first-order valence-electron chi connectivity index (χ1n) is 8.06. The van der Waals surface area contributed by atoms with Gasteiger partial charge < -0.3 is 15.0 Å². The molecule has 2 fully saturated rings. The van der Waals surface area contributed by atoms with Crippen LogP contribution in [0.25, 0.3) is 0 Å². The number of benzene rings is 1. The summed E-state index contributed by atoms with van der Waals surface area (Å²) in [5.74, 6) is 0.0851. The first kappa shape index (κ1) is 18.5. The van der Waals surface area contributed by atoms with Gasteiger partial charge in [0.05, 0.1) is 11.5 Å². The number of halogens is 1. The fourth-order valence-corrected chi connectivity index (χ4v) is 3.53. The van der Waals surface area contributed by atoms with Gasteiger partial charge in [-0.2, -0.15) is 0 Å². The van der Waals surface area contributed by atoms with Crippen molar-refractivity contribution in [1.82, 2.24) is 10.2 Å². The lowest BCUT2D eigenvalue weighted by molar-refractivity contribution is -0.385. The Hall–Kier alpha value is -1.86. The quantitative estimate of drug-likeness (QED) is 0.662. The van der Waals surface area contributed by atoms with E-state index in [1.54, 1.807) is 13.0 Å². The Bertz CT molecular complexity index is 611. The number of hydrogen-bond donors (Lipinski definition) is 1. The monoisotopic (exact) mass is 355 g/mol. The van der Waals surface area contributed by atoms with Crippen molar-refractivity contribution in [3.63, 3.8) is 0 Å². The van der Waals surface area contributed by atoms with E-state index in [4.69, 9.17) is 4.74 Å². The number of carbonyl (C=O) groups is 1. The molecule has 2 bridgehead atoms. The highest BCUT2D eigenvalue weighted by Crippen LogP contribution is 2.32. The van der Waals surface area contributed by atoms with Crippen molar-refractivity contribution in [1.29, 1.82) is 0 Å². The molecular weight excluding hydrogens is 334 g/mol. The molecule has 2 saturated heterocycles. The van der Waals surface area contributed by atoms with Crippen molar-refractivity contribution < 1.29 is 14.5 Å². The molecule has 0 radical (unpaired) electrons. The fraction of sp³-hybridized carbons (Fsp3) is 0.562. The van der Waals surface area contributed by atoms with Crippen molar-refractivity contribution in [3.05, 3.63) is 33.9 Å². The number of fused-ring (bicyclic) bond motifs is 2. The molecule has 8 heteroatoms. The van der Waals surface area contributed by atoms with Crippen LogP contribution in [0.4, 0.5) is 5.69 Å². The van der Waals surface area contributed by atoms with Crippen LogP contribution in [0.1, 0.15) is 36.5 Å². The summed E-state index contributed by atoms with van der Waals surface area (Å²) in [5, 5.41) is 14.6. The molecule has 1 aromatic carbocycles. The normalized spacial score (nSPS) is 22.5. The van der Waals surface area contributed by atoms with E-state index in [9.17, 15) is 14.9 Å². The molecule has 0 saturated carbocycles. The molecular formula is C16H22ClN3O4. The lowest BCUT2D eigenvalue weighted by Gasteiger charge is -2.28. The van der Waals surface area contributed by atoms with Gasteiger partial charge in [-0.05, 0) is 44.9 Å². The number of hydrogen-bond acceptors (Lipinski definition) is 5. The second-order valence-corrected chi connectivity index (χ2v) is 5.96. The predicted molar refractivity (Wildman–Crippen MR) is 92.0 cm³/mol. The molecule has 2 atom stereocenters. The Balaban J connectivity index is 0.00000208. The van der Waals surface area contributed by atoms with Gasteiger partial charge in [0.1, 0.15) is 0 Å². The van der Waals surface area contributed by atoms with Crippen LogP contribution in [0.2, 0.25) is 0 Å². The van der Waals surface area contributed by atoms with E-state index in [0.717, 1.165) is 32.4 Å². The number of nitrogens with zero attached hydrogens (tertiary/aromatic N) is 2. The van der Waals surface area contributed by atoms with Crippen LogP contribution in [-0.2, 0) is 0 Å². The second kappa shape index (κ2) is 7.81. The van der Waals surface area contributed by atoms with Crippen LogP contribution in [-0.4, -0.2) is 47.5 Å². The number of carbonyl (C=O) groups excluding carboxylic acids is 1. The smallest absolute Gasteiger partial charge is 0.311 e. The summed E-state index contributed by atoms with van der Waals surface area (Å²) in [6.45, 7) is 3.82. The van der Waals surface area contributed by atoms with E-state index < -0.39 is 4.92 Å². The Morgan fingerprint density at radius 1 is 1.38 bits per heavy atom. The Labute approximate surface area is 146 Å². The average molecular weight is 356 g/mol. The fourth-order valence-electron chi connectivity index (χ4n) is 3.53. The molecule has 2 unspecified atom stereocenters. The third kappa shape index (κ3) is 3.47. The van der Waals surface area contributed by atoms with Crippen LogP contribution in [0.5, 0.6) is 5.75 Å². The van der Waals surface area contributed by atoms with Gasteiger partial charge in [0.15, 0.2) is 5.75 Å². The van der Waals surface area contributed by atoms with Gasteiger partial charge in [-0.1, -0.05) is 0 Å². The summed E-state index contributed by atoms with van der Waals surface area (Å²) >= 11 is 0. The average Bonchev–Trinajstić information content (AvgIpc) is 2.80. The lowest BCUT2D eigenvalue weighted by atomic mass is 10.1. The first-order valence-corrected chi connectivity index (χ1v) is 8.06. The highest BCUT2D eigenvalue weighted by molar-refractivity contribution is 5.96. The molecule has 1 amide bonds. The van der Waals surface area contributed by atoms with Crippen LogP contribution >= 0.6 is 12.4 Å².